The van der Waals surface area contributed by atoms with Gasteiger partial charge in [0.05, 0.1) is 5.57 Å². The zero-order valence-corrected chi connectivity index (χ0v) is 9.28. The number of likely N-dealkylation sites (N-methyl/N-ethyl adjacent to an activating group) is 1. The van der Waals surface area contributed by atoms with E-state index in [0.717, 1.165) is 4.90 Å². The highest BCUT2D eigenvalue weighted by molar-refractivity contribution is 6.31. The van der Waals surface area contributed by atoms with Crippen molar-refractivity contribution in [1.29, 1.82) is 0 Å². The van der Waals surface area contributed by atoms with Crippen molar-refractivity contribution < 1.29 is 9.59 Å². The summed E-state index contributed by atoms with van der Waals surface area (Å²) in [6.45, 7) is 0. The number of hydrogen-bond acceptors (Lipinski definition) is 2. The Morgan fingerprint density at radius 1 is 1.31 bits per heavy atom. The summed E-state index contributed by atoms with van der Waals surface area (Å²) in [5.74, 6) is -0.636. The lowest BCUT2D eigenvalue weighted by Crippen LogP contribution is -2.26. The Bertz CT molecular complexity index is 531. The van der Waals surface area contributed by atoms with Crippen LogP contribution in [0.25, 0.3) is 0 Å². The van der Waals surface area contributed by atoms with Crippen molar-refractivity contribution in [2.45, 2.75) is 0 Å². The number of carbonyl (C=O) groups excluding carboxylic acids is 2. The van der Waals surface area contributed by atoms with Gasteiger partial charge in [0.1, 0.15) is 0 Å². The van der Waals surface area contributed by atoms with E-state index in [9.17, 15) is 9.59 Å². The predicted octanol–water partition coefficient (Wildman–Crippen LogP) is 1.69. The maximum atomic E-state index is 11.7. The maximum Gasteiger partial charge on any atom is 0.261 e. The van der Waals surface area contributed by atoms with Crippen LogP contribution in [-0.4, -0.2) is 23.8 Å². The van der Waals surface area contributed by atoms with Crippen LogP contribution in [0, 0.1) is 0 Å². The van der Waals surface area contributed by atoms with Crippen LogP contribution in [0.1, 0.15) is 0 Å². The minimum Gasteiger partial charge on any atom is -0.278 e. The van der Waals surface area contributed by atoms with Gasteiger partial charge >= 0.3 is 0 Å². The van der Waals surface area contributed by atoms with Crippen LogP contribution in [0.4, 0.5) is 0 Å². The summed E-state index contributed by atoms with van der Waals surface area (Å²) < 4.78 is 0. The molecule has 0 spiro atoms. The molecule has 0 saturated heterocycles. The lowest BCUT2D eigenvalue weighted by Gasteiger charge is -2.06. The first-order chi connectivity index (χ1) is 7.59. The van der Waals surface area contributed by atoms with E-state index >= 15 is 0 Å². The van der Waals surface area contributed by atoms with Gasteiger partial charge in [-0.1, -0.05) is 11.6 Å². The number of allylic oxidation sites excluding steroid dienone is 4. The standard InChI is InChI=1S/C12H8ClNO2/c1-14-11(15)7-10(12(14)16)8-4-2-3-5-9(13)6-8/h3-7H,1H3. The van der Waals surface area contributed by atoms with Crippen LogP contribution in [0.5, 0.6) is 0 Å². The second-order valence-electron chi connectivity index (χ2n) is 3.39. The fourth-order valence-electron chi connectivity index (χ4n) is 1.43. The quantitative estimate of drug-likeness (QED) is 0.511. The summed E-state index contributed by atoms with van der Waals surface area (Å²) in [5, 5.41) is 0.493. The minimum atomic E-state index is -0.319. The molecule has 16 heavy (non-hydrogen) atoms. The van der Waals surface area contributed by atoms with Crippen LogP contribution in [0.2, 0.25) is 0 Å². The molecular weight excluding hydrogens is 226 g/mol. The largest absolute Gasteiger partial charge is 0.278 e. The van der Waals surface area contributed by atoms with Crippen LogP contribution in [0.15, 0.2) is 52.3 Å². The van der Waals surface area contributed by atoms with E-state index < -0.39 is 0 Å². The van der Waals surface area contributed by atoms with E-state index in [-0.39, 0.29) is 11.8 Å². The number of halogens is 1. The molecule has 0 N–H and O–H groups in total. The van der Waals surface area contributed by atoms with E-state index in [1.807, 2.05) is 0 Å². The molecule has 0 saturated carbocycles. The Hall–Kier alpha value is -1.83. The lowest BCUT2D eigenvalue weighted by atomic mass is 10.1. The molecule has 0 bridgehead atoms. The zero-order valence-electron chi connectivity index (χ0n) is 8.53. The molecule has 0 radical (unpaired) electrons. The van der Waals surface area contributed by atoms with Crippen molar-refractivity contribution in [2.24, 2.45) is 0 Å². The van der Waals surface area contributed by atoms with Gasteiger partial charge in [-0.05, 0) is 29.9 Å². The molecular formula is C12H8ClNO2. The molecule has 2 aliphatic rings. The van der Waals surface area contributed by atoms with Crippen molar-refractivity contribution in [3.05, 3.63) is 52.3 Å². The van der Waals surface area contributed by atoms with Crippen molar-refractivity contribution in [1.82, 2.24) is 4.90 Å². The average molecular weight is 234 g/mol. The second kappa shape index (κ2) is 3.97. The average Bonchev–Trinajstić information content (AvgIpc) is 2.47. The monoisotopic (exact) mass is 233 g/mol. The summed E-state index contributed by atoms with van der Waals surface area (Å²) in [4.78, 5) is 24.1. The Kier molecular flexibility index (Phi) is 2.65. The van der Waals surface area contributed by atoms with Gasteiger partial charge in [0, 0.05) is 18.2 Å². The van der Waals surface area contributed by atoms with E-state index in [1.54, 1.807) is 24.3 Å². The summed E-state index contributed by atoms with van der Waals surface area (Å²) in [7, 11) is 1.45. The summed E-state index contributed by atoms with van der Waals surface area (Å²) in [6, 6.07) is 0. The van der Waals surface area contributed by atoms with Gasteiger partial charge in [-0.3, -0.25) is 14.5 Å². The molecule has 3 nitrogen and oxygen atoms in total. The molecule has 0 atom stereocenters. The van der Waals surface area contributed by atoms with E-state index in [2.05, 4.69) is 5.73 Å². The molecule has 1 aliphatic carbocycles. The van der Waals surface area contributed by atoms with Gasteiger partial charge in [0.2, 0.25) is 0 Å². The van der Waals surface area contributed by atoms with Gasteiger partial charge < -0.3 is 0 Å². The normalized spacial score (nSPS) is 19.6. The van der Waals surface area contributed by atoms with Crippen LogP contribution < -0.4 is 0 Å². The highest BCUT2D eigenvalue weighted by Gasteiger charge is 2.29. The Labute approximate surface area is 97.7 Å². The minimum absolute atomic E-state index is 0.317. The summed E-state index contributed by atoms with van der Waals surface area (Å²) in [6.07, 6.45) is 7.88. The Morgan fingerprint density at radius 3 is 2.69 bits per heavy atom. The van der Waals surface area contributed by atoms with Crippen molar-refractivity contribution in [3.8, 4) is 0 Å². The number of hydrogen-bond donors (Lipinski definition) is 0. The SMILES string of the molecule is CN1C(=O)C=C(C2=CC(Cl)=CC=C=C2)C1=O. The number of imide groups is 1. The Morgan fingerprint density at radius 2 is 2.06 bits per heavy atom. The van der Waals surface area contributed by atoms with Gasteiger partial charge in [-0.15, -0.1) is 5.73 Å². The molecule has 4 heteroatoms. The summed E-state index contributed by atoms with van der Waals surface area (Å²) >= 11 is 5.87. The molecule has 2 rings (SSSR count). The van der Waals surface area contributed by atoms with Crippen molar-refractivity contribution in [2.75, 3.05) is 7.05 Å². The number of nitrogens with zero attached hydrogens (tertiary/aromatic N) is 1. The molecule has 80 valence electrons. The molecule has 0 fully saturated rings. The molecule has 0 aromatic carbocycles. The first-order valence-corrected chi connectivity index (χ1v) is 5.01. The Balaban J connectivity index is 2.45. The maximum absolute atomic E-state index is 11.7. The van der Waals surface area contributed by atoms with Gasteiger partial charge in [-0.2, -0.15) is 0 Å². The van der Waals surface area contributed by atoms with Gasteiger partial charge in [0.25, 0.3) is 11.8 Å². The predicted molar refractivity (Wildman–Crippen MR) is 60.5 cm³/mol. The highest BCUT2D eigenvalue weighted by Crippen LogP contribution is 2.23. The number of amides is 2. The smallest absolute Gasteiger partial charge is 0.261 e. The molecule has 0 aromatic rings. The number of carbonyl (C=O) groups is 2. The van der Waals surface area contributed by atoms with E-state index in [1.165, 1.54) is 13.1 Å². The molecule has 0 unspecified atom stereocenters. The lowest BCUT2D eigenvalue weighted by molar-refractivity contribution is -0.135. The van der Waals surface area contributed by atoms with Crippen LogP contribution in [0.3, 0.4) is 0 Å². The first kappa shape index (κ1) is 10.7. The van der Waals surface area contributed by atoms with Crippen molar-refractivity contribution in [3.63, 3.8) is 0 Å². The van der Waals surface area contributed by atoms with Crippen LogP contribution >= 0.6 is 11.6 Å². The van der Waals surface area contributed by atoms with Crippen LogP contribution in [-0.2, 0) is 9.59 Å². The molecule has 1 aliphatic heterocycles. The number of rotatable bonds is 1. The third-order valence-corrected chi connectivity index (χ3v) is 2.55. The van der Waals surface area contributed by atoms with Gasteiger partial charge in [-0.25, -0.2) is 0 Å². The highest BCUT2D eigenvalue weighted by atomic mass is 35.5. The zero-order chi connectivity index (χ0) is 11.7. The molecule has 0 aromatic heterocycles. The summed E-state index contributed by atoms with van der Waals surface area (Å²) in [5.41, 5.74) is 3.80. The topological polar surface area (TPSA) is 37.4 Å². The third-order valence-electron chi connectivity index (χ3n) is 2.32. The second-order valence-corrected chi connectivity index (χ2v) is 3.83. The molecule has 1 heterocycles. The fourth-order valence-corrected chi connectivity index (χ4v) is 1.61. The third kappa shape index (κ3) is 1.78. The fraction of sp³-hybridized carbons (Fsp3) is 0.0833. The van der Waals surface area contributed by atoms with Gasteiger partial charge in [0.15, 0.2) is 0 Å². The first-order valence-electron chi connectivity index (χ1n) is 4.63. The van der Waals surface area contributed by atoms with Crippen molar-refractivity contribution >= 4 is 23.4 Å². The molecule has 2 amide bonds. The van der Waals surface area contributed by atoms with E-state index in [0.29, 0.717) is 16.2 Å². The van der Waals surface area contributed by atoms with E-state index in [4.69, 9.17) is 11.6 Å².